The van der Waals surface area contributed by atoms with Gasteiger partial charge in [0.25, 0.3) is 0 Å². The molecule has 0 amide bonds. The molecule has 6 heteroatoms. The van der Waals surface area contributed by atoms with E-state index in [2.05, 4.69) is 17.0 Å². The van der Waals surface area contributed by atoms with Gasteiger partial charge >= 0.3 is 6.18 Å². The number of unbranched alkanes of at least 4 members (excludes halogenated alkanes) is 1. The van der Waals surface area contributed by atoms with Crippen molar-refractivity contribution in [3.8, 4) is 0 Å². The van der Waals surface area contributed by atoms with Crippen molar-refractivity contribution < 1.29 is 18.3 Å². The molecule has 0 aromatic heterocycles. The van der Waals surface area contributed by atoms with E-state index in [9.17, 15) is 18.3 Å². The van der Waals surface area contributed by atoms with E-state index in [-0.39, 0.29) is 18.3 Å². The van der Waals surface area contributed by atoms with Crippen molar-refractivity contribution in [3.63, 3.8) is 0 Å². The second-order valence-electron chi connectivity index (χ2n) is 7.33. The number of benzene rings is 2. The molecule has 1 fully saturated rings. The number of halogens is 4. The maximum absolute atomic E-state index is 12.9. The van der Waals surface area contributed by atoms with E-state index in [1.807, 2.05) is 18.2 Å². The van der Waals surface area contributed by atoms with Crippen LogP contribution in [0.3, 0.4) is 0 Å². The molecule has 0 aliphatic carbocycles. The van der Waals surface area contributed by atoms with Gasteiger partial charge in [-0.3, -0.25) is 0 Å². The molecule has 1 saturated heterocycles. The van der Waals surface area contributed by atoms with Crippen LogP contribution in [0.2, 0.25) is 0 Å². The largest absolute Gasteiger partial charge is 0.416 e. The maximum Gasteiger partial charge on any atom is 0.416 e. The number of nitrogens with zero attached hydrogens (tertiary/aromatic N) is 1. The van der Waals surface area contributed by atoms with E-state index in [4.69, 9.17) is 0 Å². The molecule has 2 nitrogen and oxygen atoms in total. The Bertz CT molecular complexity index is 723. The van der Waals surface area contributed by atoms with Crippen molar-refractivity contribution in [2.45, 2.75) is 43.9 Å². The fraction of sp³-hybridized carbons (Fsp3) is 0.455. The Balaban J connectivity index is 0.00000280. The van der Waals surface area contributed by atoms with E-state index < -0.39 is 17.8 Å². The predicted molar refractivity (Wildman–Crippen MR) is 108 cm³/mol. The molecule has 3 rings (SSSR count). The van der Waals surface area contributed by atoms with Crippen LogP contribution in [0.1, 0.15) is 41.9 Å². The molecule has 0 radical (unpaired) electrons. The van der Waals surface area contributed by atoms with Crippen molar-refractivity contribution in [3.05, 3.63) is 71.3 Å². The van der Waals surface area contributed by atoms with Crippen LogP contribution in [-0.4, -0.2) is 35.7 Å². The molecule has 0 bridgehead atoms. The SMILES string of the molecule is Cl.OC1CN(CCCCc2ccccc2)CCC1c1cccc(C(F)(F)F)c1. The summed E-state index contributed by atoms with van der Waals surface area (Å²) in [5.74, 6) is -0.229. The molecule has 0 saturated carbocycles. The van der Waals surface area contributed by atoms with Crippen LogP contribution in [0, 0.1) is 0 Å². The normalized spacial score (nSPS) is 20.6. The minimum absolute atomic E-state index is 0. The van der Waals surface area contributed by atoms with Gasteiger partial charge in [0.2, 0.25) is 0 Å². The molecular formula is C22H27ClF3NO. The molecule has 1 N–H and O–H groups in total. The number of β-amino-alcohol motifs (C(OH)–C–C–N with tert-alkyl or cyclic N) is 1. The minimum Gasteiger partial charge on any atom is -0.391 e. The molecule has 2 aromatic carbocycles. The number of hydrogen-bond donors (Lipinski definition) is 1. The van der Waals surface area contributed by atoms with Crippen molar-refractivity contribution >= 4 is 12.4 Å². The van der Waals surface area contributed by atoms with E-state index in [0.717, 1.165) is 38.4 Å². The predicted octanol–water partition coefficient (Wildman–Crippen LogP) is 5.30. The highest BCUT2D eigenvalue weighted by Gasteiger charge is 2.33. The number of piperidine rings is 1. The lowest BCUT2D eigenvalue weighted by atomic mass is 9.86. The number of aryl methyl sites for hydroxylation is 1. The van der Waals surface area contributed by atoms with Gasteiger partial charge in [-0.05, 0) is 56.0 Å². The summed E-state index contributed by atoms with van der Waals surface area (Å²) >= 11 is 0. The lowest BCUT2D eigenvalue weighted by Crippen LogP contribution is -2.43. The summed E-state index contributed by atoms with van der Waals surface area (Å²) in [6.07, 6.45) is -1.11. The Morgan fingerprint density at radius 2 is 1.75 bits per heavy atom. The summed E-state index contributed by atoms with van der Waals surface area (Å²) < 4.78 is 38.8. The zero-order valence-corrected chi connectivity index (χ0v) is 16.6. The van der Waals surface area contributed by atoms with Gasteiger partial charge in [0, 0.05) is 12.5 Å². The number of rotatable bonds is 6. The molecule has 1 heterocycles. The number of likely N-dealkylation sites (tertiary alicyclic amines) is 1. The van der Waals surface area contributed by atoms with Crippen molar-refractivity contribution in [1.82, 2.24) is 4.90 Å². The average molecular weight is 414 g/mol. The van der Waals surface area contributed by atoms with E-state index in [0.29, 0.717) is 18.5 Å². The quantitative estimate of drug-likeness (QED) is 0.649. The summed E-state index contributed by atoms with van der Waals surface area (Å²) in [4.78, 5) is 2.22. The second kappa shape index (κ2) is 10.3. The summed E-state index contributed by atoms with van der Waals surface area (Å²) in [6, 6.07) is 15.8. The Labute approximate surface area is 170 Å². The molecule has 2 atom stereocenters. The van der Waals surface area contributed by atoms with Crippen LogP contribution < -0.4 is 0 Å². The fourth-order valence-electron chi connectivity index (χ4n) is 3.84. The number of aliphatic hydroxyl groups excluding tert-OH is 1. The highest BCUT2D eigenvalue weighted by atomic mass is 35.5. The van der Waals surface area contributed by atoms with Gasteiger partial charge in [0.15, 0.2) is 0 Å². The fourth-order valence-corrected chi connectivity index (χ4v) is 3.84. The summed E-state index contributed by atoms with van der Waals surface area (Å²) in [5, 5.41) is 10.5. The lowest BCUT2D eigenvalue weighted by Gasteiger charge is -2.36. The first-order valence-corrected chi connectivity index (χ1v) is 9.55. The Morgan fingerprint density at radius 1 is 1.00 bits per heavy atom. The van der Waals surface area contributed by atoms with Crippen molar-refractivity contribution in [2.24, 2.45) is 0 Å². The van der Waals surface area contributed by atoms with Crippen molar-refractivity contribution in [1.29, 1.82) is 0 Å². The summed E-state index contributed by atoms with van der Waals surface area (Å²) in [5.41, 5.74) is 1.28. The Hall–Kier alpha value is -1.56. The van der Waals surface area contributed by atoms with Gasteiger partial charge in [-0.1, -0.05) is 48.5 Å². The first-order valence-electron chi connectivity index (χ1n) is 9.55. The van der Waals surface area contributed by atoms with E-state index in [1.54, 1.807) is 6.07 Å². The smallest absolute Gasteiger partial charge is 0.391 e. The molecule has 28 heavy (non-hydrogen) atoms. The average Bonchev–Trinajstić information content (AvgIpc) is 2.66. The minimum atomic E-state index is -4.35. The second-order valence-corrected chi connectivity index (χ2v) is 7.33. The monoisotopic (exact) mass is 413 g/mol. The van der Waals surface area contributed by atoms with Gasteiger partial charge in [-0.2, -0.15) is 13.2 Å². The third-order valence-corrected chi connectivity index (χ3v) is 5.34. The molecular weight excluding hydrogens is 387 g/mol. The molecule has 1 aliphatic heterocycles. The first-order chi connectivity index (χ1) is 12.9. The molecule has 2 aromatic rings. The highest BCUT2D eigenvalue weighted by molar-refractivity contribution is 5.85. The van der Waals surface area contributed by atoms with Gasteiger partial charge in [-0.25, -0.2) is 0 Å². The van der Waals surface area contributed by atoms with Gasteiger partial charge in [-0.15, -0.1) is 12.4 Å². The zero-order valence-electron chi connectivity index (χ0n) is 15.7. The van der Waals surface area contributed by atoms with Gasteiger partial charge in [0.1, 0.15) is 0 Å². The number of hydrogen-bond acceptors (Lipinski definition) is 2. The summed E-state index contributed by atoms with van der Waals surface area (Å²) in [7, 11) is 0. The Morgan fingerprint density at radius 3 is 2.43 bits per heavy atom. The molecule has 154 valence electrons. The van der Waals surface area contributed by atoms with Crippen molar-refractivity contribution in [2.75, 3.05) is 19.6 Å². The van der Waals surface area contributed by atoms with Crippen LogP contribution >= 0.6 is 12.4 Å². The van der Waals surface area contributed by atoms with E-state index in [1.165, 1.54) is 17.7 Å². The Kier molecular flexibility index (Phi) is 8.35. The third-order valence-electron chi connectivity index (χ3n) is 5.34. The molecule has 0 spiro atoms. The zero-order chi connectivity index (χ0) is 19.3. The first kappa shape index (κ1) is 22.7. The van der Waals surface area contributed by atoms with Crippen LogP contribution in [0.5, 0.6) is 0 Å². The van der Waals surface area contributed by atoms with Gasteiger partial charge in [0.05, 0.1) is 11.7 Å². The molecule has 1 aliphatic rings. The summed E-state index contributed by atoms with van der Waals surface area (Å²) in [6.45, 7) is 2.24. The lowest BCUT2D eigenvalue weighted by molar-refractivity contribution is -0.137. The highest BCUT2D eigenvalue weighted by Crippen LogP contribution is 2.34. The van der Waals surface area contributed by atoms with Crippen LogP contribution in [0.15, 0.2) is 54.6 Å². The van der Waals surface area contributed by atoms with Crippen LogP contribution in [0.4, 0.5) is 13.2 Å². The topological polar surface area (TPSA) is 23.5 Å². The van der Waals surface area contributed by atoms with Crippen LogP contribution in [-0.2, 0) is 12.6 Å². The number of alkyl halides is 3. The maximum atomic E-state index is 12.9. The van der Waals surface area contributed by atoms with Crippen LogP contribution in [0.25, 0.3) is 0 Å². The molecule has 2 unspecified atom stereocenters. The third kappa shape index (κ3) is 6.23. The van der Waals surface area contributed by atoms with Gasteiger partial charge < -0.3 is 10.0 Å². The van der Waals surface area contributed by atoms with E-state index >= 15 is 0 Å². The number of aliphatic hydroxyl groups is 1. The standard InChI is InChI=1S/C22H26F3NO.ClH/c23-22(24,25)19-11-6-10-18(15-19)20-12-14-26(16-21(20)27)13-5-4-9-17-7-2-1-3-8-17;/h1-3,6-8,10-11,15,20-21,27H,4-5,9,12-14,16H2;1H.